The van der Waals surface area contributed by atoms with Crippen LogP contribution in [0.2, 0.25) is 0 Å². The first-order chi connectivity index (χ1) is 10.5. The number of hydrogen-bond acceptors (Lipinski definition) is 4. The molecule has 136 valence electrons. The number of alkyl carbamates (subject to hydrolysis) is 1. The molecule has 0 aliphatic heterocycles. The highest BCUT2D eigenvalue weighted by molar-refractivity contribution is 5.79. The first kappa shape index (κ1) is 21.5. The van der Waals surface area contributed by atoms with Gasteiger partial charge in [-0.1, -0.05) is 0 Å². The van der Waals surface area contributed by atoms with Crippen LogP contribution in [0, 0.1) is 0 Å². The van der Waals surface area contributed by atoms with Gasteiger partial charge in [-0.3, -0.25) is 4.99 Å². The first-order valence-electron chi connectivity index (χ1n) is 8.07. The predicted octanol–water partition coefficient (Wildman–Crippen LogP) is 1.41. The average molecular weight is 329 g/mol. The van der Waals surface area contributed by atoms with Gasteiger partial charge in [-0.15, -0.1) is 0 Å². The molecule has 0 aromatic heterocycles. The zero-order chi connectivity index (χ0) is 18.1. The summed E-state index contributed by atoms with van der Waals surface area (Å²) < 4.78 is 5.17. The van der Waals surface area contributed by atoms with E-state index >= 15 is 0 Å². The van der Waals surface area contributed by atoms with Crippen LogP contribution < -0.4 is 16.0 Å². The zero-order valence-electron chi connectivity index (χ0n) is 16.0. The van der Waals surface area contributed by atoms with Crippen molar-refractivity contribution in [3.8, 4) is 0 Å². The van der Waals surface area contributed by atoms with E-state index in [1.165, 1.54) is 0 Å². The number of hydrogen-bond donors (Lipinski definition) is 3. The molecule has 0 rings (SSSR count). The van der Waals surface area contributed by atoms with Crippen LogP contribution in [0.4, 0.5) is 4.79 Å². The van der Waals surface area contributed by atoms with E-state index < -0.39 is 5.60 Å². The minimum atomic E-state index is -0.465. The monoisotopic (exact) mass is 329 g/mol. The number of nitrogens with one attached hydrogen (secondary N) is 3. The highest BCUT2D eigenvalue weighted by Crippen LogP contribution is 2.07. The van der Waals surface area contributed by atoms with Gasteiger partial charge >= 0.3 is 6.09 Å². The van der Waals surface area contributed by atoms with E-state index in [4.69, 9.17) is 4.74 Å². The van der Waals surface area contributed by atoms with E-state index in [0.29, 0.717) is 6.54 Å². The second-order valence-corrected chi connectivity index (χ2v) is 7.34. The van der Waals surface area contributed by atoms with Gasteiger partial charge in [-0.05, 0) is 55.1 Å². The molecule has 0 saturated heterocycles. The number of aliphatic imine (C=N–C) groups is 1. The van der Waals surface area contributed by atoms with Gasteiger partial charge in [-0.2, -0.15) is 0 Å². The van der Waals surface area contributed by atoms with Crippen molar-refractivity contribution < 1.29 is 9.53 Å². The molecule has 0 spiro atoms. The van der Waals surface area contributed by atoms with Crippen LogP contribution in [0.5, 0.6) is 0 Å². The Labute approximate surface area is 141 Å². The molecular formula is C16H35N5O2. The van der Waals surface area contributed by atoms with Gasteiger partial charge in [0.15, 0.2) is 5.96 Å². The number of guanidine groups is 1. The lowest BCUT2D eigenvalue weighted by Crippen LogP contribution is -2.51. The first-order valence-corrected chi connectivity index (χ1v) is 8.07. The molecule has 1 amide bonds. The lowest BCUT2D eigenvalue weighted by molar-refractivity contribution is 0.0527. The van der Waals surface area contributed by atoms with Crippen LogP contribution in [0.25, 0.3) is 0 Å². The normalized spacial score (nSPS) is 13.0. The number of rotatable bonds is 7. The molecule has 0 fully saturated rings. The van der Waals surface area contributed by atoms with E-state index in [2.05, 4.69) is 53.8 Å². The van der Waals surface area contributed by atoms with Gasteiger partial charge in [0, 0.05) is 32.2 Å². The molecule has 0 radical (unpaired) electrons. The topological polar surface area (TPSA) is 78.0 Å². The van der Waals surface area contributed by atoms with Crippen molar-refractivity contribution in [3.05, 3.63) is 0 Å². The SMILES string of the molecule is CN=C(NCCCNC(=O)OC(C)(C)C)NCC(C)(C)N(C)C. The molecule has 7 heteroatoms. The summed E-state index contributed by atoms with van der Waals surface area (Å²) in [4.78, 5) is 17.9. The maximum absolute atomic E-state index is 11.5. The molecule has 0 saturated carbocycles. The zero-order valence-corrected chi connectivity index (χ0v) is 16.0. The van der Waals surface area contributed by atoms with Gasteiger partial charge in [0.05, 0.1) is 0 Å². The van der Waals surface area contributed by atoms with Crippen molar-refractivity contribution in [1.29, 1.82) is 0 Å². The Balaban J connectivity index is 3.92. The van der Waals surface area contributed by atoms with Gasteiger partial charge in [0.2, 0.25) is 0 Å². The minimum absolute atomic E-state index is 0.0376. The molecule has 0 heterocycles. The molecule has 0 aliphatic carbocycles. The quantitative estimate of drug-likeness (QED) is 0.374. The average Bonchev–Trinajstić information content (AvgIpc) is 2.39. The predicted molar refractivity (Wildman–Crippen MR) is 96.0 cm³/mol. The van der Waals surface area contributed by atoms with Crippen LogP contribution in [0.3, 0.4) is 0 Å². The number of ether oxygens (including phenoxy) is 1. The van der Waals surface area contributed by atoms with Crippen molar-refractivity contribution >= 4 is 12.1 Å². The highest BCUT2D eigenvalue weighted by atomic mass is 16.6. The van der Waals surface area contributed by atoms with E-state index in [1.807, 2.05) is 20.8 Å². The van der Waals surface area contributed by atoms with E-state index in [-0.39, 0.29) is 11.6 Å². The lowest BCUT2D eigenvalue weighted by atomic mass is 10.0. The fourth-order valence-corrected chi connectivity index (χ4v) is 1.48. The van der Waals surface area contributed by atoms with Gasteiger partial charge in [-0.25, -0.2) is 4.79 Å². The van der Waals surface area contributed by atoms with Gasteiger partial charge in [0.1, 0.15) is 5.60 Å². The molecule has 0 bridgehead atoms. The second-order valence-electron chi connectivity index (χ2n) is 7.34. The van der Waals surface area contributed by atoms with Crippen molar-refractivity contribution in [1.82, 2.24) is 20.9 Å². The number of likely N-dealkylation sites (N-methyl/N-ethyl adjacent to an activating group) is 1. The van der Waals surface area contributed by atoms with Crippen LogP contribution in [-0.4, -0.2) is 68.9 Å². The van der Waals surface area contributed by atoms with E-state index in [1.54, 1.807) is 7.05 Å². The second kappa shape index (κ2) is 9.60. The Hall–Kier alpha value is -1.50. The maximum atomic E-state index is 11.5. The van der Waals surface area contributed by atoms with Crippen molar-refractivity contribution in [2.24, 2.45) is 4.99 Å². The van der Waals surface area contributed by atoms with E-state index in [9.17, 15) is 4.79 Å². The molecule has 0 unspecified atom stereocenters. The minimum Gasteiger partial charge on any atom is -0.444 e. The smallest absolute Gasteiger partial charge is 0.407 e. The van der Waals surface area contributed by atoms with Crippen molar-refractivity contribution in [2.75, 3.05) is 40.8 Å². The number of nitrogens with zero attached hydrogens (tertiary/aromatic N) is 2. The van der Waals surface area contributed by atoms with Gasteiger partial charge < -0.3 is 25.6 Å². The van der Waals surface area contributed by atoms with Crippen molar-refractivity contribution in [2.45, 2.75) is 52.2 Å². The molecule has 23 heavy (non-hydrogen) atoms. The summed E-state index contributed by atoms with van der Waals surface area (Å²) in [7, 11) is 5.86. The third kappa shape index (κ3) is 10.8. The molecule has 0 aliphatic rings. The fraction of sp³-hybridized carbons (Fsp3) is 0.875. The fourth-order valence-electron chi connectivity index (χ4n) is 1.48. The van der Waals surface area contributed by atoms with Crippen LogP contribution in [0.15, 0.2) is 4.99 Å². The van der Waals surface area contributed by atoms with Gasteiger partial charge in [0.25, 0.3) is 0 Å². The summed E-state index contributed by atoms with van der Waals surface area (Å²) in [5.41, 5.74) is -0.427. The summed E-state index contributed by atoms with van der Waals surface area (Å²) >= 11 is 0. The van der Waals surface area contributed by atoms with Crippen molar-refractivity contribution in [3.63, 3.8) is 0 Å². The molecule has 0 aromatic carbocycles. The highest BCUT2D eigenvalue weighted by Gasteiger charge is 2.20. The standard InChI is InChI=1S/C16H35N5O2/c1-15(2,3)23-14(22)19-11-9-10-18-13(17-6)20-12-16(4,5)21(7)8/h9-12H2,1-8H3,(H,19,22)(H2,17,18,20). The van der Waals surface area contributed by atoms with Crippen LogP contribution in [0.1, 0.15) is 41.0 Å². The Kier molecular flexibility index (Phi) is 8.97. The van der Waals surface area contributed by atoms with Crippen LogP contribution >= 0.6 is 0 Å². The Bertz CT molecular complexity index is 386. The Morgan fingerprint density at radius 2 is 1.61 bits per heavy atom. The summed E-state index contributed by atoms with van der Waals surface area (Å²) in [5.74, 6) is 0.761. The summed E-state index contributed by atoms with van der Waals surface area (Å²) in [6.45, 7) is 11.9. The lowest BCUT2D eigenvalue weighted by Gasteiger charge is -2.33. The van der Waals surface area contributed by atoms with Crippen LogP contribution in [-0.2, 0) is 4.74 Å². The molecule has 0 aromatic rings. The molecule has 3 N–H and O–H groups in total. The van der Waals surface area contributed by atoms with E-state index in [0.717, 1.165) is 25.5 Å². The summed E-state index contributed by atoms with van der Waals surface area (Å²) in [6.07, 6.45) is 0.407. The summed E-state index contributed by atoms with van der Waals surface area (Å²) in [5, 5.41) is 9.27. The number of carbonyl (C=O) groups is 1. The number of carbonyl (C=O) groups excluding carboxylic acids is 1. The Morgan fingerprint density at radius 1 is 1.04 bits per heavy atom. The summed E-state index contributed by atoms with van der Waals surface area (Å²) in [6, 6.07) is 0. The molecule has 7 nitrogen and oxygen atoms in total. The maximum Gasteiger partial charge on any atom is 0.407 e. The number of amides is 1. The molecule has 0 atom stereocenters. The third-order valence-electron chi connectivity index (χ3n) is 3.44. The molecular weight excluding hydrogens is 294 g/mol. The largest absolute Gasteiger partial charge is 0.444 e. The third-order valence-corrected chi connectivity index (χ3v) is 3.44. The Morgan fingerprint density at radius 3 is 2.09 bits per heavy atom.